The maximum absolute atomic E-state index is 13.6. The minimum absolute atomic E-state index is 0.128. The molecule has 336 valence electrons. The van der Waals surface area contributed by atoms with Crippen LogP contribution in [0.15, 0.2) is 165 Å². The summed E-state index contributed by atoms with van der Waals surface area (Å²) in [6.07, 6.45) is 2.50. The molecule has 0 saturated heterocycles. The van der Waals surface area contributed by atoms with Gasteiger partial charge in [-0.2, -0.15) is 0 Å². The summed E-state index contributed by atoms with van der Waals surface area (Å²) >= 11 is 0. The molecule has 0 aliphatic rings. The quantitative estimate of drug-likeness (QED) is 0.137. The van der Waals surface area contributed by atoms with Crippen LogP contribution in [-0.2, 0) is 0 Å². The molecule has 8 heterocycles. The van der Waals surface area contributed by atoms with Crippen molar-refractivity contribution in [2.24, 2.45) is 0 Å². The maximum atomic E-state index is 13.6. The van der Waals surface area contributed by atoms with Crippen LogP contribution in [0.3, 0.4) is 0 Å². The average Bonchev–Trinajstić information content (AvgIpc) is 4.18. The fourth-order valence-corrected chi connectivity index (χ4v) is 10.6. The summed E-state index contributed by atoms with van der Waals surface area (Å²) in [4.78, 5) is 73.4. The Morgan fingerprint density at radius 1 is 0.286 bits per heavy atom. The molecule has 70 heavy (non-hydrogen) atoms. The summed E-state index contributed by atoms with van der Waals surface area (Å²) < 4.78 is 6.70. The van der Waals surface area contributed by atoms with Gasteiger partial charge in [0.15, 0.2) is 0 Å². The first-order valence-electron chi connectivity index (χ1n) is 23.6. The number of aromatic nitrogens is 8. The molecule has 8 aromatic heterocycles. The minimum atomic E-state index is -0.128. The zero-order chi connectivity index (χ0) is 47.7. The summed E-state index contributed by atoms with van der Waals surface area (Å²) in [5.74, 6) is 0. The predicted octanol–water partition coefficient (Wildman–Crippen LogP) is 11.5. The van der Waals surface area contributed by atoms with Crippen molar-refractivity contribution in [3.05, 3.63) is 187 Å². The highest BCUT2D eigenvalue weighted by Gasteiger charge is 2.24. The smallest absolute Gasteiger partial charge is 0.264 e. The van der Waals surface area contributed by atoms with Gasteiger partial charge in [-0.3, -0.25) is 36.8 Å². The third-order valence-corrected chi connectivity index (χ3v) is 13.3. The molecule has 0 N–H and O–H groups in total. The van der Waals surface area contributed by atoms with Gasteiger partial charge in [-0.1, -0.05) is 89.1 Å². The Labute approximate surface area is 394 Å². The van der Waals surface area contributed by atoms with E-state index in [2.05, 4.69) is 27.7 Å². The first-order chi connectivity index (χ1) is 34.3. The van der Waals surface area contributed by atoms with Crippen molar-refractivity contribution in [3.63, 3.8) is 0 Å². The van der Waals surface area contributed by atoms with Gasteiger partial charge < -0.3 is 0 Å². The van der Waals surface area contributed by atoms with Gasteiger partial charge in [0.1, 0.15) is 22.6 Å². The van der Waals surface area contributed by atoms with E-state index < -0.39 is 0 Å². The predicted molar refractivity (Wildman–Crippen MR) is 285 cm³/mol. The van der Waals surface area contributed by atoms with E-state index >= 15 is 0 Å². The third kappa shape index (κ3) is 5.40. The largest absolute Gasteiger partial charge is 0.268 e. The molecule has 0 aliphatic carbocycles. The van der Waals surface area contributed by atoms with Crippen LogP contribution in [0.5, 0.6) is 0 Å². The summed E-state index contributed by atoms with van der Waals surface area (Å²) in [6, 6.07) is 45.6. The highest BCUT2D eigenvalue weighted by molar-refractivity contribution is 6.29. The first-order valence-corrected chi connectivity index (χ1v) is 23.6. The molecule has 16 rings (SSSR count). The zero-order valence-corrected chi connectivity index (χ0v) is 38.5. The van der Waals surface area contributed by atoms with Crippen molar-refractivity contribution < 1.29 is 0 Å². The summed E-state index contributed by atoms with van der Waals surface area (Å²) in [7, 11) is 0. The first kappa shape index (κ1) is 41.1. The highest BCUT2D eigenvalue weighted by Crippen LogP contribution is 2.38. The molecule has 12 heteroatoms. The Bertz CT molecular complexity index is 4480. The minimum Gasteiger partial charge on any atom is -0.268 e. The lowest BCUT2D eigenvalue weighted by Crippen LogP contribution is -2.16. The second kappa shape index (κ2) is 15.2. The lowest BCUT2D eigenvalue weighted by Gasteiger charge is -2.12. The van der Waals surface area contributed by atoms with Crippen molar-refractivity contribution in [2.75, 3.05) is 0 Å². The van der Waals surface area contributed by atoms with Crippen molar-refractivity contribution in [1.82, 2.24) is 37.5 Å². The van der Waals surface area contributed by atoms with Crippen LogP contribution in [0.4, 0.5) is 0 Å². The molecule has 0 spiro atoms. The van der Waals surface area contributed by atoms with Crippen molar-refractivity contribution in [1.29, 1.82) is 0 Å². The van der Waals surface area contributed by atoms with Crippen molar-refractivity contribution in [3.8, 4) is 0 Å². The summed E-state index contributed by atoms with van der Waals surface area (Å²) in [5.41, 5.74) is 8.13. The lowest BCUT2D eigenvalue weighted by molar-refractivity contribution is 1.09. The van der Waals surface area contributed by atoms with E-state index in [1.54, 1.807) is 29.7 Å². The van der Waals surface area contributed by atoms with Crippen LogP contribution in [0.25, 0.3) is 131 Å². The molecule has 0 bridgehead atoms. The number of hydrogen-bond acceptors (Lipinski definition) is 8. The van der Waals surface area contributed by atoms with Crippen LogP contribution in [-0.4, -0.2) is 37.5 Å². The number of hydrogen-bond donors (Lipinski definition) is 0. The molecule has 0 radical (unpaired) electrons. The summed E-state index contributed by atoms with van der Waals surface area (Å²) in [6.45, 7) is 8.50. The van der Waals surface area contributed by atoms with Crippen LogP contribution in [0.2, 0.25) is 0 Å². The van der Waals surface area contributed by atoms with Crippen LogP contribution in [0, 0.1) is 0 Å². The van der Waals surface area contributed by atoms with Gasteiger partial charge in [0.2, 0.25) is 0 Å². The fraction of sp³-hybridized carbons (Fsp3) is 0.103. The number of benzene rings is 8. The van der Waals surface area contributed by atoms with Crippen molar-refractivity contribution >= 4 is 131 Å². The summed E-state index contributed by atoms with van der Waals surface area (Å²) in [5, 5.41) is 8.84. The standard InChI is InChI=1S/2C26H12N4O2.2C3H8/c31-25-15-12-10-14-22-16(26(32)30-20-8-4-2-6-18(20)28-24(14)30)11-9-13(21(15)22)23-27-17-5-1-3-7-19(17)29(23)25;31-25-15-11-12-16-22-14(24-28-18-6-2-4-8-20(18)30(24)26(16)32)10-9-13(21(15)22)23-27-17-5-1-3-7-19(17)29(23)25;2*1-3-2/h2*1-12H;2*3H2,1-2H3. The van der Waals surface area contributed by atoms with E-state index in [9.17, 15) is 19.2 Å². The number of pyridine rings is 4. The number of rotatable bonds is 0. The molecule has 0 aliphatic heterocycles. The molecule has 0 atom stereocenters. The second-order valence-electron chi connectivity index (χ2n) is 17.8. The maximum Gasteiger partial charge on any atom is 0.264 e. The molecule has 0 fully saturated rings. The van der Waals surface area contributed by atoms with Crippen molar-refractivity contribution in [2.45, 2.75) is 40.5 Å². The fourth-order valence-electron chi connectivity index (χ4n) is 10.6. The van der Waals surface area contributed by atoms with E-state index in [-0.39, 0.29) is 22.2 Å². The average molecular weight is 913 g/mol. The van der Waals surface area contributed by atoms with Crippen LogP contribution < -0.4 is 22.2 Å². The Balaban J connectivity index is 0.000000124. The molecule has 0 saturated carbocycles. The van der Waals surface area contributed by atoms with E-state index in [1.807, 2.05) is 133 Å². The SMILES string of the molecule is CCC.CCC.O=c1c2ccc3c(=O)n4c5ccccc5nc4c4ccc(c2c34)c2nc3ccccc3n12.O=c1c2ccc3c4c(ccc(c24)c2nc4ccccc4n12)c(=O)n1c2ccccc2nc31. The third-order valence-electron chi connectivity index (χ3n) is 13.3. The number of nitrogens with zero attached hydrogens (tertiary/aromatic N) is 8. The topological polar surface area (TPSA) is 137 Å². The highest BCUT2D eigenvalue weighted by atomic mass is 16.1. The van der Waals surface area contributed by atoms with E-state index in [1.165, 1.54) is 12.8 Å². The van der Waals surface area contributed by atoms with Crippen LogP contribution in [0.1, 0.15) is 40.5 Å². The normalized spacial score (nSPS) is 12.1. The lowest BCUT2D eigenvalue weighted by atomic mass is 9.96. The Kier molecular flexibility index (Phi) is 8.90. The Morgan fingerprint density at radius 2 is 0.471 bits per heavy atom. The van der Waals surface area contributed by atoms with E-state index in [4.69, 9.17) is 19.9 Å². The Hall–Kier alpha value is -9.16. The molecule has 12 nitrogen and oxygen atoms in total. The molecular formula is C58H40N8O4. The molecule has 8 aromatic carbocycles. The van der Waals surface area contributed by atoms with Gasteiger partial charge >= 0.3 is 0 Å². The van der Waals surface area contributed by atoms with E-state index in [0.29, 0.717) is 44.1 Å². The molecular weight excluding hydrogens is 873 g/mol. The van der Waals surface area contributed by atoms with Gasteiger partial charge in [-0.15, -0.1) is 0 Å². The second-order valence-corrected chi connectivity index (χ2v) is 17.8. The zero-order valence-electron chi connectivity index (χ0n) is 38.5. The van der Waals surface area contributed by atoms with E-state index in [0.717, 1.165) is 87.2 Å². The van der Waals surface area contributed by atoms with Gasteiger partial charge in [0.25, 0.3) is 22.2 Å². The number of imidazole rings is 4. The van der Waals surface area contributed by atoms with Gasteiger partial charge in [-0.05, 0) is 97.1 Å². The number of fused-ring (bicyclic) bond motifs is 16. The van der Waals surface area contributed by atoms with Gasteiger partial charge in [-0.25, -0.2) is 19.9 Å². The Morgan fingerprint density at radius 3 is 0.686 bits per heavy atom. The van der Waals surface area contributed by atoms with Crippen LogP contribution >= 0.6 is 0 Å². The molecule has 0 unspecified atom stereocenters. The number of para-hydroxylation sites is 8. The monoisotopic (exact) mass is 912 g/mol. The van der Waals surface area contributed by atoms with Gasteiger partial charge in [0.05, 0.1) is 44.1 Å². The molecule has 16 aromatic rings. The van der Waals surface area contributed by atoms with Gasteiger partial charge in [0, 0.05) is 64.6 Å². The molecule has 0 amide bonds.